The molecule has 0 spiro atoms. The van der Waals surface area contributed by atoms with Crippen LogP contribution in [0.2, 0.25) is 5.02 Å². The fourth-order valence-electron chi connectivity index (χ4n) is 3.40. The van der Waals surface area contributed by atoms with Crippen LogP contribution in [0.3, 0.4) is 0 Å². The lowest BCUT2D eigenvalue weighted by molar-refractivity contribution is 0.311. The quantitative estimate of drug-likeness (QED) is 0.429. The van der Waals surface area contributed by atoms with E-state index in [0.29, 0.717) is 34.0 Å². The molecule has 4 heterocycles. The van der Waals surface area contributed by atoms with Crippen molar-refractivity contribution in [1.29, 1.82) is 0 Å². The molecule has 0 aliphatic carbocycles. The van der Waals surface area contributed by atoms with Crippen LogP contribution in [-0.4, -0.2) is 67.7 Å². The second-order valence-corrected chi connectivity index (χ2v) is 8.02. The number of piperazine rings is 1. The van der Waals surface area contributed by atoms with Crippen LogP contribution in [-0.2, 0) is 6.54 Å². The molecule has 1 aliphatic rings. The summed E-state index contributed by atoms with van der Waals surface area (Å²) in [5.74, 6) is 2.07. The molecule has 1 aromatic carbocycles. The normalized spacial score (nSPS) is 15.5. The van der Waals surface area contributed by atoms with E-state index in [2.05, 4.69) is 54.8 Å². The third-order valence-electron chi connectivity index (χ3n) is 5.03. The summed E-state index contributed by atoms with van der Waals surface area (Å²) < 4.78 is 1.67. The van der Waals surface area contributed by atoms with E-state index in [1.165, 1.54) is 0 Å². The Morgan fingerprint density at radius 1 is 1.17 bits per heavy atom. The van der Waals surface area contributed by atoms with Gasteiger partial charge in [-0.3, -0.25) is 0 Å². The summed E-state index contributed by atoms with van der Waals surface area (Å²) in [7, 11) is 2.12. The highest BCUT2D eigenvalue weighted by Crippen LogP contribution is 2.22. The van der Waals surface area contributed by atoms with Crippen molar-refractivity contribution in [2.75, 3.05) is 43.4 Å². The molecule has 1 fully saturated rings. The molecule has 0 amide bonds. The highest BCUT2D eigenvalue weighted by molar-refractivity contribution is 7.80. The maximum absolute atomic E-state index is 6.06. The Morgan fingerprint density at radius 3 is 2.83 bits per heavy atom. The molecule has 5 rings (SSSR count). The Hall–Kier alpha value is -2.56. The molecule has 1 saturated heterocycles. The van der Waals surface area contributed by atoms with Gasteiger partial charge < -0.3 is 20.1 Å². The van der Waals surface area contributed by atoms with Crippen molar-refractivity contribution in [1.82, 2.24) is 34.4 Å². The van der Waals surface area contributed by atoms with Gasteiger partial charge in [0, 0.05) is 31.2 Å². The first kappa shape index (κ1) is 18.5. The molecule has 0 saturated carbocycles. The Bertz CT molecular complexity index is 1180. The number of nitrogens with one attached hydrogen (secondary N) is 2. The summed E-state index contributed by atoms with van der Waals surface area (Å²) >= 11 is 10.6. The summed E-state index contributed by atoms with van der Waals surface area (Å²) in [5.41, 5.74) is 2.45. The average molecular weight is 430 g/mol. The van der Waals surface area contributed by atoms with E-state index < -0.39 is 0 Å². The highest BCUT2D eigenvalue weighted by Gasteiger charge is 2.20. The predicted octanol–water partition coefficient (Wildman–Crippen LogP) is 2.31. The number of nitrogens with zero attached hydrogens (tertiary/aromatic N) is 7. The van der Waals surface area contributed by atoms with Crippen LogP contribution in [0.4, 0.5) is 11.9 Å². The van der Waals surface area contributed by atoms with Crippen molar-refractivity contribution in [2.45, 2.75) is 11.4 Å². The van der Waals surface area contributed by atoms with Gasteiger partial charge in [-0.1, -0.05) is 11.6 Å². The largest absolute Gasteiger partial charge is 0.347 e. The summed E-state index contributed by atoms with van der Waals surface area (Å²) in [6.45, 7) is 4.18. The van der Waals surface area contributed by atoms with E-state index in [4.69, 9.17) is 16.6 Å². The molecule has 4 aromatic rings. The topological polar surface area (TPSA) is 90.3 Å². The molecule has 0 radical (unpaired) electrons. The van der Waals surface area contributed by atoms with Crippen molar-refractivity contribution in [3.05, 3.63) is 35.2 Å². The first-order valence-electron chi connectivity index (χ1n) is 9.33. The SMILES string of the molecule is CN1CCN(c2nc(NCc3nc4ccc(Cl)cc4[nH]3)n3ncc(S)c3n2)CC1. The third-order valence-corrected chi connectivity index (χ3v) is 5.58. The summed E-state index contributed by atoms with van der Waals surface area (Å²) in [5, 5.41) is 8.37. The van der Waals surface area contributed by atoms with Gasteiger partial charge in [-0.15, -0.1) is 12.6 Å². The van der Waals surface area contributed by atoms with Crippen LogP contribution in [0.25, 0.3) is 16.7 Å². The van der Waals surface area contributed by atoms with Gasteiger partial charge in [0.1, 0.15) is 5.82 Å². The van der Waals surface area contributed by atoms with Gasteiger partial charge in [0.15, 0.2) is 5.65 Å². The first-order valence-corrected chi connectivity index (χ1v) is 10.2. The van der Waals surface area contributed by atoms with Crippen LogP contribution in [0.5, 0.6) is 0 Å². The second-order valence-electron chi connectivity index (χ2n) is 7.10. The summed E-state index contributed by atoms with van der Waals surface area (Å²) in [6, 6.07) is 5.59. The first-order chi connectivity index (χ1) is 14.1. The molecule has 1 aliphatic heterocycles. The van der Waals surface area contributed by atoms with Gasteiger partial charge >= 0.3 is 0 Å². The van der Waals surface area contributed by atoms with Crippen LogP contribution in [0.1, 0.15) is 5.82 Å². The van der Waals surface area contributed by atoms with E-state index in [-0.39, 0.29) is 0 Å². The lowest BCUT2D eigenvalue weighted by Crippen LogP contribution is -2.45. The molecule has 0 unspecified atom stereocenters. The van der Waals surface area contributed by atoms with Crippen molar-refractivity contribution in [3.63, 3.8) is 0 Å². The number of anilines is 2. The lowest BCUT2D eigenvalue weighted by atomic mass is 10.3. The van der Waals surface area contributed by atoms with E-state index in [1.807, 2.05) is 18.2 Å². The van der Waals surface area contributed by atoms with Gasteiger partial charge in [0.25, 0.3) is 0 Å². The number of aromatic nitrogens is 6. The number of hydrogen-bond donors (Lipinski definition) is 3. The molecule has 9 nitrogen and oxygen atoms in total. The standard InChI is InChI=1S/C18H20ClN9S/c1-26-4-6-27(7-5-26)18-24-16-14(29)9-21-28(16)17(25-18)20-10-15-22-12-3-2-11(19)8-13(12)23-15/h2-3,8-9,29H,4-7,10H2,1H3,(H,22,23)(H,20,24,25). The van der Waals surface area contributed by atoms with E-state index in [0.717, 1.165) is 43.0 Å². The van der Waals surface area contributed by atoms with Crippen LogP contribution in [0, 0.1) is 0 Å². The smallest absolute Gasteiger partial charge is 0.230 e. The zero-order valence-corrected chi connectivity index (χ0v) is 17.5. The van der Waals surface area contributed by atoms with Gasteiger partial charge in [-0.2, -0.15) is 19.6 Å². The van der Waals surface area contributed by atoms with Crippen molar-refractivity contribution >= 4 is 52.8 Å². The molecule has 29 heavy (non-hydrogen) atoms. The van der Waals surface area contributed by atoms with Crippen molar-refractivity contribution < 1.29 is 0 Å². The molecule has 0 atom stereocenters. The number of aromatic amines is 1. The number of imidazole rings is 1. The number of likely N-dealkylation sites (N-methyl/N-ethyl adjacent to an activating group) is 1. The minimum Gasteiger partial charge on any atom is -0.347 e. The number of rotatable bonds is 4. The maximum Gasteiger partial charge on any atom is 0.230 e. The van der Waals surface area contributed by atoms with Crippen LogP contribution in [0.15, 0.2) is 29.3 Å². The predicted molar refractivity (Wildman–Crippen MR) is 116 cm³/mol. The van der Waals surface area contributed by atoms with E-state index >= 15 is 0 Å². The Labute approximate surface area is 177 Å². The molecular weight excluding hydrogens is 410 g/mol. The zero-order chi connectivity index (χ0) is 20.0. The van der Waals surface area contributed by atoms with E-state index in [9.17, 15) is 0 Å². The van der Waals surface area contributed by atoms with Gasteiger partial charge in [0.2, 0.25) is 11.9 Å². The third kappa shape index (κ3) is 3.59. The van der Waals surface area contributed by atoms with Gasteiger partial charge in [-0.05, 0) is 25.2 Å². The minimum atomic E-state index is 0.461. The number of H-pyrrole nitrogens is 1. The molecular formula is C18H20ClN9S. The number of fused-ring (bicyclic) bond motifs is 2. The minimum absolute atomic E-state index is 0.461. The molecule has 11 heteroatoms. The maximum atomic E-state index is 6.06. The number of hydrogen-bond acceptors (Lipinski definition) is 8. The molecule has 150 valence electrons. The van der Waals surface area contributed by atoms with Gasteiger partial charge in [-0.25, -0.2) is 4.98 Å². The van der Waals surface area contributed by atoms with Crippen molar-refractivity contribution in [3.8, 4) is 0 Å². The monoisotopic (exact) mass is 429 g/mol. The summed E-state index contributed by atoms with van der Waals surface area (Å²) in [6.07, 6.45) is 1.68. The fourth-order valence-corrected chi connectivity index (χ4v) is 3.77. The number of halogens is 1. The molecule has 0 bridgehead atoms. The second kappa shape index (κ2) is 7.36. The molecule has 3 aromatic heterocycles. The van der Waals surface area contributed by atoms with E-state index in [1.54, 1.807) is 10.7 Å². The average Bonchev–Trinajstić information content (AvgIpc) is 3.29. The highest BCUT2D eigenvalue weighted by atomic mass is 35.5. The van der Waals surface area contributed by atoms with Crippen molar-refractivity contribution in [2.24, 2.45) is 0 Å². The number of benzene rings is 1. The Morgan fingerprint density at radius 2 is 2.00 bits per heavy atom. The Balaban J connectivity index is 1.44. The Kier molecular flexibility index (Phi) is 4.69. The summed E-state index contributed by atoms with van der Waals surface area (Å²) in [4.78, 5) is 22.5. The fraction of sp³-hybridized carbons (Fsp3) is 0.333. The molecule has 2 N–H and O–H groups in total. The lowest BCUT2D eigenvalue weighted by Gasteiger charge is -2.32. The number of thiol groups is 1. The van der Waals surface area contributed by atoms with Crippen LogP contribution < -0.4 is 10.2 Å². The van der Waals surface area contributed by atoms with Gasteiger partial charge in [0.05, 0.1) is 28.7 Å². The zero-order valence-electron chi connectivity index (χ0n) is 15.8. The van der Waals surface area contributed by atoms with Crippen LogP contribution >= 0.6 is 24.2 Å².